The van der Waals surface area contributed by atoms with E-state index in [4.69, 9.17) is 0 Å². The minimum atomic E-state index is -4.48. The smallest absolute Gasteiger partial charge is 0.422 e. The van der Waals surface area contributed by atoms with Crippen LogP contribution >= 0.6 is 0 Å². The molecule has 136 valence electrons. The molecule has 0 bridgehead atoms. The Labute approximate surface area is 141 Å². The summed E-state index contributed by atoms with van der Waals surface area (Å²) in [6.45, 7) is 17.7. The fraction of sp³-hybridized carbons (Fsp3) is 0.786. The maximum Gasteiger partial charge on any atom is 0.422 e. The van der Waals surface area contributed by atoms with E-state index < -0.39 is 48.2 Å². The van der Waals surface area contributed by atoms with E-state index in [1.165, 1.54) is 6.08 Å². The number of ether oxygens (including phenoxy) is 1. The molecular formula is C14H31F3O2Si4. The van der Waals surface area contributed by atoms with E-state index in [2.05, 4.69) is 69.4 Å². The number of halogens is 3. The first-order chi connectivity index (χ1) is 9.85. The molecular weight excluding hydrogens is 369 g/mol. The van der Waals surface area contributed by atoms with Crippen LogP contribution in [0.1, 0.15) is 0 Å². The lowest BCUT2D eigenvalue weighted by molar-refractivity contribution is -0.182. The van der Waals surface area contributed by atoms with Gasteiger partial charge in [-0.15, -0.1) is 0 Å². The van der Waals surface area contributed by atoms with Gasteiger partial charge in [-0.05, 0) is 0 Å². The van der Waals surface area contributed by atoms with Crippen molar-refractivity contribution >= 4 is 35.4 Å². The van der Waals surface area contributed by atoms with E-state index >= 15 is 0 Å². The SMILES string of the molecule is C[Si](C)(C)[Si](/C=C\C(=O)OCC(F)(F)F)([Si](C)(C)C)[Si](C)(C)C. The standard InChI is InChI=1S/C14H31F3O2Si4/c1-20(2,3)23(21(4,5)6,22(7,8)9)11-10-13(18)19-12-14(15,16)17/h10-11H,12H2,1-9H3/b11-10-. The number of esters is 1. The van der Waals surface area contributed by atoms with Crippen LogP contribution < -0.4 is 0 Å². The zero-order valence-electron chi connectivity index (χ0n) is 15.8. The first-order valence-corrected chi connectivity index (χ1v) is 23.4. The molecule has 0 saturated carbocycles. The second-order valence-corrected chi connectivity index (χ2v) is 49.7. The van der Waals surface area contributed by atoms with E-state index in [0.29, 0.717) is 0 Å². The highest BCUT2D eigenvalue weighted by Crippen LogP contribution is 2.37. The van der Waals surface area contributed by atoms with Crippen molar-refractivity contribution in [2.24, 2.45) is 0 Å². The molecule has 2 nitrogen and oxygen atoms in total. The Morgan fingerprint density at radius 2 is 1.22 bits per heavy atom. The van der Waals surface area contributed by atoms with Gasteiger partial charge in [-0.25, -0.2) is 4.79 Å². The Kier molecular flexibility index (Phi) is 6.97. The summed E-state index contributed by atoms with van der Waals surface area (Å²) in [6, 6.07) is 0. The van der Waals surface area contributed by atoms with Gasteiger partial charge in [0.25, 0.3) is 0 Å². The van der Waals surface area contributed by atoms with Gasteiger partial charge >= 0.3 is 12.1 Å². The summed E-state index contributed by atoms with van der Waals surface area (Å²) in [6.07, 6.45) is -3.17. The molecule has 0 fully saturated rings. The van der Waals surface area contributed by atoms with Crippen molar-refractivity contribution in [1.29, 1.82) is 0 Å². The zero-order valence-corrected chi connectivity index (χ0v) is 19.8. The molecule has 0 radical (unpaired) electrons. The molecule has 0 spiro atoms. The lowest BCUT2D eigenvalue weighted by Crippen LogP contribution is -2.81. The summed E-state index contributed by atoms with van der Waals surface area (Å²) in [5.41, 5.74) is 2.07. The number of alkyl halides is 3. The minimum Gasteiger partial charge on any atom is -0.453 e. The number of hydrogen-bond acceptors (Lipinski definition) is 2. The molecule has 0 saturated heterocycles. The van der Waals surface area contributed by atoms with Crippen molar-refractivity contribution in [2.45, 2.75) is 65.1 Å². The Balaban J connectivity index is 5.76. The summed E-state index contributed by atoms with van der Waals surface area (Å²) in [4.78, 5) is 11.8. The van der Waals surface area contributed by atoms with Gasteiger partial charge in [-0.3, -0.25) is 0 Å². The molecule has 0 rings (SSSR count). The normalized spacial score (nSPS) is 15.1. The lowest BCUT2D eigenvalue weighted by atomic mass is 10.6. The molecule has 9 heteroatoms. The molecule has 0 amide bonds. The second kappa shape index (κ2) is 7.01. The highest BCUT2D eigenvalue weighted by atomic mass is 29.9. The van der Waals surface area contributed by atoms with Crippen molar-refractivity contribution < 1.29 is 22.7 Å². The van der Waals surface area contributed by atoms with Gasteiger partial charge in [-0.1, -0.05) is 64.6 Å². The molecule has 0 aromatic rings. The molecule has 0 atom stereocenters. The predicted octanol–water partition coefficient (Wildman–Crippen LogP) is 4.89. The second-order valence-electron chi connectivity index (χ2n) is 9.11. The molecule has 0 aromatic carbocycles. The predicted molar refractivity (Wildman–Crippen MR) is 102 cm³/mol. The Morgan fingerprint density at radius 1 is 0.870 bits per heavy atom. The maximum absolute atomic E-state index is 12.2. The van der Waals surface area contributed by atoms with Gasteiger partial charge in [-0.2, -0.15) is 13.2 Å². The summed E-state index contributed by atoms with van der Waals surface area (Å²) < 4.78 is 40.9. The van der Waals surface area contributed by atoms with E-state index in [9.17, 15) is 18.0 Å². The largest absolute Gasteiger partial charge is 0.453 e. The first-order valence-electron chi connectivity index (χ1n) is 7.78. The monoisotopic (exact) mass is 400 g/mol. The fourth-order valence-electron chi connectivity index (χ4n) is 4.52. The zero-order chi connectivity index (χ0) is 18.9. The molecule has 23 heavy (non-hydrogen) atoms. The van der Waals surface area contributed by atoms with Gasteiger partial charge in [0.2, 0.25) is 0 Å². The average molecular weight is 401 g/mol. The molecule has 0 heterocycles. The van der Waals surface area contributed by atoms with Gasteiger partial charge in [0, 0.05) is 28.9 Å². The van der Waals surface area contributed by atoms with Crippen LogP contribution in [0.15, 0.2) is 11.8 Å². The average Bonchev–Trinajstić information content (AvgIpc) is 2.19. The minimum absolute atomic E-state index is 0.867. The van der Waals surface area contributed by atoms with Gasteiger partial charge in [0.1, 0.15) is 0 Å². The van der Waals surface area contributed by atoms with Crippen LogP contribution in [-0.4, -0.2) is 48.2 Å². The van der Waals surface area contributed by atoms with Crippen molar-refractivity contribution in [2.75, 3.05) is 6.61 Å². The summed E-state index contributed by atoms with van der Waals surface area (Å²) in [5, 5.41) is 0. The summed E-state index contributed by atoms with van der Waals surface area (Å²) in [7, 11) is -4.77. The first kappa shape index (κ1) is 22.9. The molecule has 0 aliphatic heterocycles. The molecule has 0 aliphatic carbocycles. The number of hydrogen-bond donors (Lipinski definition) is 0. The summed E-state index contributed by atoms with van der Waals surface area (Å²) in [5.74, 6) is -0.867. The quantitative estimate of drug-likeness (QED) is 0.360. The van der Waals surface area contributed by atoms with Gasteiger partial charge in [0.05, 0.1) is 6.63 Å². The van der Waals surface area contributed by atoms with Crippen LogP contribution in [-0.2, 0) is 9.53 Å². The van der Waals surface area contributed by atoms with Gasteiger partial charge in [0.15, 0.2) is 6.61 Å². The molecule has 0 unspecified atom stereocenters. The van der Waals surface area contributed by atoms with Crippen molar-refractivity contribution in [3.63, 3.8) is 0 Å². The van der Waals surface area contributed by atoms with E-state index in [0.717, 1.165) is 0 Å². The van der Waals surface area contributed by atoms with Crippen molar-refractivity contribution in [3.05, 3.63) is 11.8 Å². The fourth-order valence-corrected chi connectivity index (χ4v) is 99.4. The van der Waals surface area contributed by atoms with Crippen LogP contribution in [0.4, 0.5) is 13.2 Å². The van der Waals surface area contributed by atoms with Crippen LogP contribution in [0.25, 0.3) is 0 Å². The molecule has 0 aliphatic rings. The third-order valence-electron chi connectivity index (χ3n) is 4.40. The Bertz CT molecular complexity index is 419. The van der Waals surface area contributed by atoms with Crippen LogP contribution in [0, 0.1) is 0 Å². The molecule has 0 aromatic heterocycles. The highest BCUT2D eigenvalue weighted by Gasteiger charge is 2.59. The number of carbonyl (C=O) groups is 1. The van der Waals surface area contributed by atoms with Gasteiger partial charge < -0.3 is 4.74 Å². The van der Waals surface area contributed by atoms with E-state index in [-0.39, 0.29) is 0 Å². The van der Waals surface area contributed by atoms with Crippen molar-refractivity contribution in [1.82, 2.24) is 0 Å². The van der Waals surface area contributed by atoms with Crippen LogP contribution in [0.2, 0.25) is 58.9 Å². The third kappa shape index (κ3) is 5.71. The number of carbonyl (C=O) groups excluding carboxylic acids is 1. The van der Waals surface area contributed by atoms with Crippen molar-refractivity contribution in [3.8, 4) is 0 Å². The van der Waals surface area contributed by atoms with Crippen LogP contribution in [0.5, 0.6) is 0 Å². The van der Waals surface area contributed by atoms with Crippen LogP contribution in [0.3, 0.4) is 0 Å². The highest BCUT2D eigenvalue weighted by molar-refractivity contribution is 7.90. The third-order valence-corrected chi connectivity index (χ3v) is 75.5. The topological polar surface area (TPSA) is 26.3 Å². The summed E-state index contributed by atoms with van der Waals surface area (Å²) >= 11 is 0. The number of rotatable bonds is 6. The van der Waals surface area contributed by atoms with E-state index in [1.807, 2.05) is 0 Å². The Morgan fingerprint density at radius 3 is 1.48 bits per heavy atom. The molecule has 0 N–H and O–H groups in total. The maximum atomic E-state index is 12.2. The Hall–Kier alpha value is -0.132. The van der Waals surface area contributed by atoms with E-state index in [1.54, 1.807) is 0 Å². The lowest BCUT2D eigenvalue weighted by Gasteiger charge is -2.55.